The van der Waals surface area contributed by atoms with Crippen LogP contribution in [0.5, 0.6) is 0 Å². The molecule has 1 aromatic carbocycles. The summed E-state index contributed by atoms with van der Waals surface area (Å²) >= 11 is 0. The van der Waals surface area contributed by atoms with Gasteiger partial charge in [0.05, 0.1) is 0 Å². The lowest BCUT2D eigenvalue weighted by molar-refractivity contribution is 0.373. The summed E-state index contributed by atoms with van der Waals surface area (Å²) in [5.41, 5.74) is 2.06. The highest BCUT2D eigenvalue weighted by atomic mass is 19.1. The van der Waals surface area contributed by atoms with Crippen molar-refractivity contribution in [1.29, 1.82) is 0 Å². The van der Waals surface area contributed by atoms with Gasteiger partial charge in [0, 0.05) is 5.92 Å². The molecular weight excluding hydrogens is 175 g/mol. The van der Waals surface area contributed by atoms with Crippen LogP contribution in [0.3, 0.4) is 0 Å². The van der Waals surface area contributed by atoms with Crippen molar-refractivity contribution < 1.29 is 4.39 Å². The van der Waals surface area contributed by atoms with Crippen molar-refractivity contribution in [1.82, 2.24) is 0 Å². The maximum Gasteiger partial charge on any atom is 0.129 e. The van der Waals surface area contributed by atoms with E-state index in [2.05, 4.69) is 6.07 Å². The van der Waals surface area contributed by atoms with Gasteiger partial charge in [0.1, 0.15) is 6.17 Å². The first-order chi connectivity index (χ1) is 6.83. The molecule has 2 unspecified atom stereocenters. The van der Waals surface area contributed by atoms with E-state index in [1.807, 2.05) is 37.3 Å². The fourth-order valence-corrected chi connectivity index (χ4v) is 1.77. The Hall–Kier alpha value is -1.37. The van der Waals surface area contributed by atoms with Crippen LogP contribution in [0.4, 0.5) is 4.39 Å². The summed E-state index contributed by atoms with van der Waals surface area (Å²) < 4.78 is 13.6. The van der Waals surface area contributed by atoms with E-state index in [-0.39, 0.29) is 5.92 Å². The summed E-state index contributed by atoms with van der Waals surface area (Å²) in [5.74, 6) is -0.151. The van der Waals surface area contributed by atoms with Crippen molar-refractivity contribution in [2.75, 3.05) is 0 Å². The largest absolute Gasteiger partial charge is 0.242 e. The molecule has 0 N–H and O–H groups in total. The molecule has 1 aliphatic carbocycles. The predicted octanol–water partition coefficient (Wildman–Crippen LogP) is 3.51. The standard InChI is InChI=1S/C13H12F/c1-2-5-13(14)12-9-8-10-6-3-4-7-11(10)12/h2-6,8-9,12-13H,1H3/b5-2+. The molecule has 2 rings (SSSR count). The molecule has 0 spiro atoms. The first-order valence-electron chi connectivity index (χ1n) is 4.78. The molecule has 0 fully saturated rings. The van der Waals surface area contributed by atoms with Gasteiger partial charge in [0.15, 0.2) is 0 Å². The van der Waals surface area contributed by atoms with E-state index in [0.29, 0.717) is 0 Å². The van der Waals surface area contributed by atoms with E-state index in [9.17, 15) is 4.39 Å². The second-order valence-corrected chi connectivity index (χ2v) is 3.39. The Morgan fingerprint density at radius 1 is 1.57 bits per heavy atom. The monoisotopic (exact) mass is 187 g/mol. The van der Waals surface area contributed by atoms with Crippen LogP contribution in [-0.2, 0) is 0 Å². The van der Waals surface area contributed by atoms with Crippen molar-refractivity contribution in [3.8, 4) is 0 Å². The summed E-state index contributed by atoms with van der Waals surface area (Å²) in [7, 11) is 0. The molecule has 0 bridgehead atoms. The molecule has 0 saturated carbocycles. The fourth-order valence-electron chi connectivity index (χ4n) is 1.77. The summed E-state index contributed by atoms with van der Waals surface area (Å²) in [6.45, 7) is 1.83. The lowest BCUT2D eigenvalue weighted by Crippen LogP contribution is -2.07. The van der Waals surface area contributed by atoms with Crippen LogP contribution in [0, 0.1) is 6.07 Å². The zero-order valence-electron chi connectivity index (χ0n) is 8.07. The molecule has 0 nitrogen and oxygen atoms in total. The molecule has 1 radical (unpaired) electrons. The zero-order chi connectivity index (χ0) is 9.97. The number of hydrogen-bond acceptors (Lipinski definition) is 0. The summed E-state index contributed by atoms with van der Waals surface area (Å²) in [5, 5.41) is 0. The number of fused-ring (bicyclic) bond motifs is 1. The molecule has 14 heavy (non-hydrogen) atoms. The molecule has 0 aliphatic heterocycles. The molecule has 0 saturated heterocycles. The molecule has 0 heterocycles. The SMILES string of the molecule is C/C=C/C(F)C1C=Cc2ccc[c]c21. The quantitative estimate of drug-likeness (QED) is 0.621. The molecule has 0 aromatic heterocycles. The average molecular weight is 187 g/mol. The number of allylic oxidation sites excluding steroid dienone is 3. The normalized spacial score (nSPS) is 21.4. The molecule has 1 heteroatoms. The molecule has 2 atom stereocenters. The Balaban J connectivity index is 2.30. The minimum absolute atomic E-state index is 0.151. The fraction of sp³-hybridized carbons (Fsp3) is 0.231. The van der Waals surface area contributed by atoms with Crippen LogP contribution in [0.25, 0.3) is 6.08 Å². The number of rotatable bonds is 2. The van der Waals surface area contributed by atoms with E-state index >= 15 is 0 Å². The van der Waals surface area contributed by atoms with E-state index in [4.69, 9.17) is 0 Å². The van der Waals surface area contributed by atoms with Crippen molar-refractivity contribution in [3.63, 3.8) is 0 Å². The Bertz CT molecular complexity index is 377. The Morgan fingerprint density at radius 3 is 3.21 bits per heavy atom. The van der Waals surface area contributed by atoms with Gasteiger partial charge < -0.3 is 0 Å². The second-order valence-electron chi connectivity index (χ2n) is 3.39. The van der Waals surface area contributed by atoms with Gasteiger partial charge in [0.25, 0.3) is 0 Å². The van der Waals surface area contributed by atoms with Gasteiger partial charge in [-0.15, -0.1) is 0 Å². The minimum atomic E-state index is -0.934. The Labute approximate surface area is 83.8 Å². The van der Waals surface area contributed by atoms with Crippen LogP contribution in [0.1, 0.15) is 24.0 Å². The number of alkyl halides is 1. The molecule has 0 amide bonds. The van der Waals surface area contributed by atoms with Gasteiger partial charge in [0.2, 0.25) is 0 Å². The van der Waals surface area contributed by atoms with Gasteiger partial charge >= 0.3 is 0 Å². The third-order valence-corrected chi connectivity index (χ3v) is 2.46. The second kappa shape index (κ2) is 3.79. The summed E-state index contributed by atoms with van der Waals surface area (Å²) in [6.07, 6.45) is 6.28. The highest BCUT2D eigenvalue weighted by molar-refractivity contribution is 5.62. The number of hydrogen-bond donors (Lipinski definition) is 0. The highest BCUT2D eigenvalue weighted by Crippen LogP contribution is 2.33. The summed E-state index contributed by atoms with van der Waals surface area (Å²) in [4.78, 5) is 0. The lowest BCUT2D eigenvalue weighted by Gasteiger charge is -2.12. The zero-order valence-corrected chi connectivity index (χ0v) is 8.07. The number of benzene rings is 1. The Morgan fingerprint density at radius 2 is 2.43 bits per heavy atom. The highest BCUT2D eigenvalue weighted by Gasteiger charge is 2.23. The van der Waals surface area contributed by atoms with Crippen LogP contribution < -0.4 is 0 Å². The van der Waals surface area contributed by atoms with Crippen molar-refractivity contribution in [2.24, 2.45) is 0 Å². The first kappa shape index (κ1) is 9.20. The van der Waals surface area contributed by atoms with E-state index in [0.717, 1.165) is 11.1 Å². The third-order valence-electron chi connectivity index (χ3n) is 2.46. The van der Waals surface area contributed by atoms with Gasteiger partial charge in [-0.1, -0.05) is 42.5 Å². The predicted molar refractivity (Wildman–Crippen MR) is 56.8 cm³/mol. The van der Waals surface area contributed by atoms with E-state index in [1.54, 1.807) is 12.2 Å². The smallest absolute Gasteiger partial charge is 0.129 e. The topological polar surface area (TPSA) is 0 Å². The molecular formula is C13H12F. The molecule has 1 aromatic rings. The van der Waals surface area contributed by atoms with Crippen LogP contribution in [0.2, 0.25) is 0 Å². The van der Waals surface area contributed by atoms with Gasteiger partial charge in [-0.2, -0.15) is 0 Å². The summed E-state index contributed by atoms with van der Waals surface area (Å²) in [6, 6.07) is 8.85. The van der Waals surface area contributed by atoms with E-state index < -0.39 is 6.17 Å². The van der Waals surface area contributed by atoms with Gasteiger partial charge in [-0.25, -0.2) is 4.39 Å². The van der Waals surface area contributed by atoms with Gasteiger partial charge in [-0.05, 0) is 24.1 Å². The van der Waals surface area contributed by atoms with Crippen LogP contribution in [0.15, 0.2) is 36.4 Å². The Kier molecular flexibility index (Phi) is 2.49. The van der Waals surface area contributed by atoms with E-state index in [1.165, 1.54) is 0 Å². The van der Waals surface area contributed by atoms with Crippen molar-refractivity contribution in [2.45, 2.75) is 19.0 Å². The number of halogens is 1. The van der Waals surface area contributed by atoms with Gasteiger partial charge in [-0.3, -0.25) is 0 Å². The van der Waals surface area contributed by atoms with Crippen LogP contribution in [-0.4, -0.2) is 6.17 Å². The lowest BCUT2D eigenvalue weighted by atomic mass is 9.96. The minimum Gasteiger partial charge on any atom is -0.242 e. The maximum atomic E-state index is 13.6. The van der Waals surface area contributed by atoms with Crippen molar-refractivity contribution >= 4 is 6.08 Å². The molecule has 71 valence electrons. The first-order valence-corrected chi connectivity index (χ1v) is 4.78. The van der Waals surface area contributed by atoms with Crippen LogP contribution >= 0.6 is 0 Å². The average Bonchev–Trinajstić information content (AvgIpc) is 2.61. The molecule has 1 aliphatic rings. The third kappa shape index (κ3) is 1.50. The van der Waals surface area contributed by atoms with Crippen molar-refractivity contribution in [3.05, 3.63) is 53.6 Å². The maximum absolute atomic E-state index is 13.6.